The van der Waals surface area contributed by atoms with Crippen LogP contribution in [0, 0.1) is 5.41 Å². The third kappa shape index (κ3) is 0.905. The van der Waals surface area contributed by atoms with Crippen molar-refractivity contribution in [3.63, 3.8) is 0 Å². The van der Waals surface area contributed by atoms with Crippen LogP contribution in [0.5, 0.6) is 0 Å². The van der Waals surface area contributed by atoms with Gasteiger partial charge in [0.15, 0.2) is 5.96 Å². The van der Waals surface area contributed by atoms with Crippen LogP contribution in [0.3, 0.4) is 0 Å². The number of rotatable bonds is 2. The molecule has 0 aliphatic heterocycles. The normalized spacial score (nSPS) is 29.2. The van der Waals surface area contributed by atoms with Gasteiger partial charge >= 0.3 is 0 Å². The number of nitrogens with two attached hydrogens (primary N) is 2. The van der Waals surface area contributed by atoms with Gasteiger partial charge in [0, 0.05) is 0 Å². The molecule has 2 saturated carbocycles. The molecule has 0 amide bonds. The van der Waals surface area contributed by atoms with Crippen molar-refractivity contribution in [2.24, 2.45) is 21.9 Å². The molecule has 2 aliphatic rings. The molecule has 0 aromatic carbocycles. The van der Waals surface area contributed by atoms with Crippen LogP contribution in [0.1, 0.15) is 32.6 Å². The number of hydrogen-bond donors (Lipinski definition) is 2. The van der Waals surface area contributed by atoms with Crippen molar-refractivity contribution in [3.05, 3.63) is 0 Å². The van der Waals surface area contributed by atoms with Gasteiger partial charge in [-0.3, -0.25) is 0 Å². The lowest BCUT2D eigenvalue weighted by Crippen LogP contribution is -2.29. The van der Waals surface area contributed by atoms with Crippen LogP contribution in [0.2, 0.25) is 0 Å². The van der Waals surface area contributed by atoms with E-state index in [2.05, 4.69) is 11.9 Å². The number of guanidine groups is 1. The highest BCUT2D eigenvalue weighted by atomic mass is 15.1. The molecular formula is C8H15N3. The zero-order chi connectivity index (χ0) is 8.11. The maximum absolute atomic E-state index is 5.37. The zero-order valence-electron chi connectivity index (χ0n) is 6.93. The van der Waals surface area contributed by atoms with Crippen molar-refractivity contribution in [3.8, 4) is 0 Å². The highest BCUT2D eigenvalue weighted by Gasteiger charge is 2.63. The fourth-order valence-electron chi connectivity index (χ4n) is 1.87. The Bertz CT molecular complexity index is 207. The van der Waals surface area contributed by atoms with Gasteiger partial charge in [-0.05, 0) is 31.1 Å². The van der Waals surface area contributed by atoms with Gasteiger partial charge in [0.1, 0.15) is 0 Å². The minimum absolute atomic E-state index is 0.159. The number of hydrogen-bond acceptors (Lipinski definition) is 1. The Balaban J connectivity index is 2.17. The lowest BCUT2D eigenvalue weighted by Gasteiger charge is -2.17. The van der Waals surface area contributed by atoms with Crippen molar-refractivity contribution in [2.75, 3.05) is 0 Å². The minimum atomic E-state index is 0.159. The third-order valence-electron chi connectivity index (χ3n) is 3.19. The van der Waals surface area contributed by atoms with Gasteiger partial charge in [0.05, 0.1) is 5.54 Å². The summed E-state index contributed by atoms with van der Waals surface area (Å²) in [4.78, 5) is 4.33. The lowest BCUT2D eigenvalue weighted by molar-refractivity contribution is 0.420. The van der Waals surface area contributed by atoms with Crippen LogP contribution in [0.15, 0.2) is 4.99 Å². The monoisotopic (exact) mass is 153 g/mol. The second-order valence-corrected chi connectivity index (χ2v) is 4.13. The van der Waals surface area contributed by atoms with Gasteiger partial charge in [0.25, 0.3) is 0 Å². The predicted octanol–water partition coefficient (Wildman–Crippen LogP) is 0.592. The summed E-state index contributed by atoms with van der Waals surface area (Å²) in [6.45, 7) is 2.28. The topological polar surface area (TPSA) is 64.4 Å². The summed E-state index contributed by atoms with van der Waals surface area (Å²) < 4.78 is 0. The first kappa shape index (κ1) is 6.95. The molecule has 0 aromatic heterocycles. The largest absolute Gasteiger partial charge is 0.370 e. The molecule has 0 saturated heterocycles. The molecule has 3 heteroatoms. The van der Waals surface area contributed by atoms with E-state index >= 15 is 0 Å². The molecule has 3 nitrogen and oxygen atoms in total. The Morgan fingerprint density at radius 1 is 1.18 bits per heavy atom. The minimum Gasteiger partial charge on any atom is -0.370 e. The summed E-state index contributed by atoms with van der Waals surface area (Å²) >= 11 is 0. The molecule has 2 fully saturated rings. The van der Waals surface area contributed by atoms with E-state index in [1.54, 1.807) is 0 Å². The molecule has 0 spiro atoms. The van der Waals surface area contributed by atoms with E-state index in [0.29, 0.717) is 5.41 Å². The molecule has 0 unspecified atom stereocenters. The average molecular weight is 153 g/mol. The van der Waals surface area contributed by atoms with E-state index in [-0.39, 0.29) is 11.5 Å². The summed E-state index contributed by atoms with van der Waals surface area (Å²) in [6.07, 6.45) is 4.95. The lowest BCUT2D eigenvalue weighted by atomic mass is 9.97. The summed E-state index contributed by atoms with van der Waals surface area (Å²) in [5.74, 6) is 0.260. The second-order valence-electron chi connectivity index (χ2n) is 4.13. The smallest absolute Gasteiger partial charge is 0.186 e. The Hall–Kier alpha value is -0.730. The van der Waals surface area contributed by atoms with E-state index in [1.165, 1.54) is 25.7 Å². The van der Waals surface area contributed by atoms with Crippen LogP contribution in [0.4, 0.5) is 0 Å². The standard InChI is InChI=1S/C8H15N3/c1-7(2-3-7)8(4-5-8)11-6(9)10/h2-5H2,1H3,(H4,9,10,11). The summed E-state index contributed by atoms with van der Waals surface area (Å²) in [5.41, 5.74) is 11.3. The quantitative estimate of drug-likeness (QED) is 0.450. The Morgan fingerprint density at radius 3 is 2.00 bits per heavy atom. The highest BCUT2D eigenvalue weighted by molar-refractivity contribution is 5.76. The van der Waals surface area contributed by atoms with Crippen LogP contribution < -0.4 is 11.5 Å². The van der Waals surface area contributed by atoms with Gasteiger partial charge < -0.3 is 11.5 Å². The molecule has 0 bridgehead atoms. The molecular weight excluding hydrogens is 138 g/mol. The van der Waals surface area contributed by atoms with Gasteiger partial charge in [-0.1, -0.05) is 6.92 Å². The van der Waals surface area contributed by atoms with Crippen molar-refractivity contribution < 1.29 is 0 Å². The molecule has 11 heavy (non-hydrogen) atoms. The highest BCUT2D eigenvalue weighted by Crippen LogP contribution is 2.65. The first-order valence-electron chi connectivity index (χ1n) is 4.19. The SMILES string of the molecule is CC1(C2(N=C(N)N)CC2)CC1. The average Bonchev–Trinajstić information content (AvgIpc) is 2.68. The van der Waals surface area contributed by atoms with Crippen LogP contribution in [0.25, 0.3) is 0 Å². The first-order chi connectivity index (χ1) is 5.08. The maximum atomic E-state index is 5.37. The van der Waals surface area contributed by atoms with Gasteiger partial charge in [-0.25, -0.2) is 4.99 Å². The predicted molar refractivity (Wildman–Crippen MR) is 45.1 cm³/mol. The van der Waals surface area contributed by atoms with Crippen molar-refractivity contribution in [2.45, 2.75) is 38.1 Å². The van der Waals surface area contributed by atoms with Crippen molar-refractivity contribution >= 4 is 5.96 Å². The number of aliphatic imine (C=N–C) groups is 1. The van der Waals surface area contributed by atoms with Crippen molar-refractivity contribution in [1.29, 1.82) is 0 Å². The molecule has 0 aromatic rings. The molecule has 4 N–H and O–H groups in total. The van der Waals surface area contributed by atoms with E-state index in [9.17, 15) is 0 Å². The maximum Gasteiger partial charge on any atom is 0.186 e. The van der Waals surface area contributed by atoms with Crippen LogP contribution in [-0.4, -0.2) is 11.5 Å². The van der Waals surface area contributed by atoms with Gasteiger partial charge in [-0.15, -0.1) is 0 Å². The Morgan fingerprint density at radius 2 is 1.73 bits per heavy atom. The van der Waals surface area contributed by atoms with E-state index < -0.39 is 0 Å². The van der Waals surface area contributed by atoms with Crippen LogP contribution >= 0.6 is 0 Å². The molecule has 62 valence electrons. The van der Waals surface area contributed by atoms with Crippen molar-refractivity contribution in [1.82, 2.24) is 0 Å². The fraction of sp³-hybridized carbons (Fsp3) is 0.875. The second kappa shape index (κ2) is 1.71. The molecule has 0 atom stereocenters. The number of nitrogens with zero attached hydrogens (tertiary/aromatic N) is 1. The molecule has 2 aliphatic carbocycles. The fourth-order valence-corrected chi connectivity index (χ4v) is 1.87. The van der Waals surface area contributed by atoms with E-state index in [1.807, 2.05) is 0 Å². The molecule has 2 rings (SSSR count). The summed E-state index contributed by atoms with van der Waals surface area (Å²) in [6, 6.07) is 0. The Labute approximate surface area is 66.9 Å². The summed E-state index contributed by atoms with van der Waals surface area (Å²) in [7, 11) is 0. The van der Waals surface area contributed by atoms with E-state index in [4.69, 9.17) is 11.5 Å². The Kier molecular flexibility index (Phi) is 1.08. The van der Waals surface area contributed by atoms with E-state index in [0.717, 1.165) is 0 Å². The third-order valence-corrected chi connectivity index (χ3v) is 3.19. The zero-order valence-corrected chi connectivity index (χ0v) is 6.93. The molecule has 0 radical (unpaired) electrons. The van der Waals surface area contributed by atoms with Gasteiger partial charge in [0.2, 0.25) is 0 Å². The summed E-state index contributed by atoms with van der Waals surface area (Å²) in [5, 5.41) is 0. The first-order valence-corrected chi connectivity index (χ1v) is 4.19. The van der Waals surface area contributed by atoms with Gasteiger partial charge in [-0.2, -0.15) is 0 Å². The van der Waals surface area contributed by atoms with Crippen LogP contribution in [-0.2, 0) is 0 Å². The molecule has 0 heterocycles.